The zero-order chi connectivity index (χ0) is 11.9. The molecule has 0 unspecified atom stereocenters. The summed E-state index contributed by atoms with van der Waals surface area (Å²) >= 11 is 1.79. The molecule has 98 valence electrons. The molecule has 2 nitrogen and oxygen atoms in total. The van der Waals surface area contributed by atoms with Gasteiger partial charge in [-0.05, 0) is 36.0 Å². The van der Waals surface area contributed by atoms with E-state index in [1.165, 1.54) is 10.4 Å². The molecular formula is C14H17ClNOS-. The van der Waals surface area contributed by atoms with Crippen LogP contribution in [0.1, 0.15) is 10.4 Å². The molecule has 0 saturated heterocycles. The third-order valence-corrected chi connectivity index (χ3v) is 3.52. The molecule has 0 fully saturated rings. The van der Waals surface area contributed by atoms with E-state index < -0.39 is 0 Å². The molecule has 0 saturated carbocycles. The van der Waals surface area contributed by atoms with Crippen molar-refractivity contribution in [2.24, 2.45) is 0 Å². The molecule has 18 heavy (non-hydrogen) atoms. The molecule has 2 rings (SSSR count). The number of hydrogen-bond acceptors (Lipinski definition) is 3. The van der Waals surface area contributed by atoms with E-state index in [0.29, 0.717) is 0 Å². The van der Waals surface area contributed by atoms with Gasteiger partial charge in [0.1, 0.15) is 5.75 Å². The van der Waals surface area contributed by atoms with Gasteiger partial charge in [-0.15, -0.1) is 11.3 Å². The van der Waals surface area contributed by atoms with E-state index in [1.807, 2.05) is 12.1 Å². The third kappa shape index (κ3) is 4.33. The van der Waals surface area contributed by atoms with Crippen LogP contribution in [-0.4, -0.2) is 13.7 Å². The Bertz CT molecular complexity index is 445. The van der Waals surface area contributed by atoms with E-state index in [9.17, 15) is 0 Å². The molecule has 1 aromatic heterocycles. The van der Waals surface area contributed by atoms with Gasteiger partial charge in [0.05, 0.1) is 7.11 Å². The minimum atomic E-state index is 0. The van der Waals surface area contributed by atoms with E-state index in [-0.39, 0.29) is 12.4 Å². The summed E-state index contributed by atoms with van der Waals surface area (Å²) in [5.41, 5.74) is 1.26. The van der Waals surface area contributed by atoms with Crippen molar-refractivity contribution in [2.45, 2.75) is 13.0 Å². The van der Waals surface area contributed by atoms with Gasteiger partial charge in [-0.3, -0.25) is 0 Å². The average Bonchev–Trinajstić information content (AvgIpc) is 2.88. The molecule has 0 atom stereocenters. The lowest BCUT2D eigenvalue weighted by Gasteiger charge is -2.08. The van der Waals surface area contributed by atoms with Crippen molar-refractivity contribution < 1.29 is 17.1 Å². The van der Waals surface area contributed by atoms with Gasteiger partial charge in [0, 0.05) is 11.4 Å². The summed E-state index contributed by atoms with van der Waals surface area (Å²) in [7, 11) is 1.72. The van der Waals surface area contributed by atoms with Gasteiger partial charge in [-0.2, -0.15) is 0 Å². The second-order valence-corrected chi connectivity index (χ2v) is 4.85. The number of para-hydroxylation sites is 1. The van der Waals surface area contributed by atoms with Gasteiger partial charge in [0.2, 0.25) is 0 Å². The molecule has 0 spiro atoms. The Morgan fingerprint density at radius 3 is 2.72 bits per heavy atom. The summed E-state index contributed by atoms with van der Waals surface area (Å²) in [6.07, 6.45) is 0.995. The van der Waals surface area contributed by atoms with Gasteiger partial charge in [0.15, 0.2) is 0 Å². The summed E-state index contributed by atoms with van der Waals surface area (Å²) < 4.78 is 5.32. The standard InChI is InChI=1S/C14H17NOS.ClH/c1-16-14-7-3-2-5-12(14)8-9-15-11-13-6-4-10-17-13;/h2-7,10,15H,8-9,11H2,1H3;1H/p-1. The smallest absolute Gasteiger partial charge is 0.122 e. The van der Waals surface area contributed by atoms with Crippen molar-refractivity contribution in [3.63, 3.8) is 0 Å². The van der Waals surface area contributed by atoms with Crippen molar-refractivity contribution in [1.29, 1.82) is 0 Å². The Hall–Kier alpha value is -1.03. The van der Waals surface area contributed by atoms with Gasteiger partial charge >= 0.3 is 0 Å². The van der Waals surface area contributed by atoms with Gasteiger partial charge in [-0.1, -0.05) is 24.3 Å². The fourth-order valence-electron chi connectivity index (χ4n) is 1.76. The molecule has 1 N–H and O–H groups in total. The lowest BCUT2D eigenvalue weighted by Crippen LogP contribution is -3.00. The van der Waals surface area contributed by atoms with Crippen molar-refractivity contribution in [3.05, 3.63) is 52.2 Å². The number of methoxy groups -OCH3 is 1. The van der Waals surface area contributed by atoms with Crippen molar-refractivity contribution in [1.82, 2.24) is 5.32 Å². The predicted molar refractivity (Wildman–Crippen MR) is 72.7 cm³/mol. The third-order valence-electron chi connectivity index (χ3n) is 2.64. The minimum Gasteiger partial charge on any atom is -1.00 e. The zero-order valence-electron chi connectivity index (χ0n) is 10.4. The summed E-state index contributed by atoms with van der Waals surface area (Å²) in [5, 5.41) is 5.55. The van der Waals surface area contributed by atoms with Gasteiger partial charge in [-0.25, -0.2) is 0 Å². The molecular weight excluding hydrogens is 266 g/mol. The fraction of sp³-hybridized carbons (Fsp3) is 0.286. The summed E-state index contributed by atoms with van der Waals surface area (Å²) in [5.74, 6) is 0.977. The SMILES string of the molecule is COc1ccccc1CCNCc1cccs1.[Cl-]. The van der Waals surface area contributed by atoms with Crippen LogP contribution in [0.25, 0.3) is 0 Å². The summed E-state index contributed by atoms with van der Waals surface area (Å²) in [4.78, 5) is 1.38. The number of nitrogens with one attached hydrogen (secondary N) is 1. The topological polar surface area (TPSA) is 21.3 Å². The highest BCUT2D eigenvalue weighted by molar-refractivity contribution is 7.09. The summed E-state index contributed by atoms with van der Waals surface area (Å²) in [6.45, 7) is 1.92. The van der Waals surface area contributed by atoms with E-state index >= 15 is 0 Å². The van der Waals surface area contributed by atoms with Crippen LogP contribution in [0.5, 0.6) is 5.75 Å². The maximum absolute atomic E-state index is 5.32. The van der Waals surface area contributed by atoms with Crippen LogP contribution in [0.2, 0.25) is 0 Å². The lowest BCUT2D eigenvalue weighted by molar-refractivity contribution is -0.00000369. The fourth-order valence-corrected chi connectivity index (χ4v) is 2.43. The summed E-state index contributed by atoms with van der Waals surface area (Å²) in [6, 6.07) is 12.4. The average molecular weight is 283 g/mol. The lowest BCUT2D eigenvalue weighted by atomic mass is 10.1. The van der Waals surface area contributed by atoms with Crippen LogP contribution in [0.15, 0.2) is 41.8 Å². The van der Waals surface area contributed by atoms with Crippen LogP contribution >= 0.6 is 11.3 Å². The molecule has 0 aliphatic heterocycles. The van der Waals surface area contributed by atoms with Crippen LogP contribution < -0.4 is 22.5 Å². The highest BCUT2D eigenvalue weighted by Crippen LogP contribution is 2.17. The van der Waals surface area contributed by atoms with E-state index in [4.69, 9.17) is 4.74 Å². The molecule has 2 aromatic rings. The highest BCUT2D eigenvalue weighted by Gasteiger charge is 2.00. The predicted octanol–water partition coefficient (Wildman–Crippen LogP) is 0.0930. The molecule has 0 radical (unpaired) electrons. The molecule has 4 heteroatoms. The van der Waals surface area contributed by atoms with Crippen molar-refractivity contribution in [2.75, 3.05) is 13.7 Å². The Labute approximate surface area is 118 Å². The van der Waals surface area contributed by atoms with Gasteiger partial charge in [0.25, 0.3) is 0 Å². The molecule has 0 aliphatic carbocycles. The van der Waals surface area contributed by atoms with E-state index in [2.05, 4.69) is 35.0 Å². The van der Waals surface area contributed by atoms with Crippen LogP contribution in [0, 0.1) is 0 Å². The second kappa shape index (κ2) is 8.14. The molecule has 1 aromatic carbocycles. The molecule has 0 bridgehead atoms. The van der Waals surface area contributed by atoms with Crippen LogP contribution in [0.3, 0.4) is 0 Å². The number of benzene rings is 1. The maximum Gasteiger partial charge on any atom is 0.122 e. The highest BCUT2D eigenvalue weighted by atomic mass is 35.5. The van der Waals surface area contributed by atoms with Crippen LogP contribution in [0.4, 0.5) is 0 Å². The molecule has 0 amide bonds. The second-order valence-electron chi connectivity index (χ2n) is 3.82. The van der Waals surface area contributed by atoms with Crippen LogP contribution in [-0.2, 0) is 13.0 Å². The van der Waals surface area contributed by atoms with E-state index in [0.717, 1.165) is 25.3 Å². The number of halogens is 1. The molecule has 0 aliphatic rings. The normalized spacial score (nSPS) is 9.83. The largest absolute Gasteiger partial charge is 1.00 e. The molecule has 1 heterocycles. The Balaban J connectivity index is 0.00000162. The Kier molecular flexibility index (Phi) is 6.80. The first-order chi connectivity index (χ1) is 8.40. The van der Waals surface area contributed by atoms with Crippen molar-refractivity contribution in [3.8, 4) is 5.75 Å². The number of hydrogen-bond donors (Lipinski definition) is 1. The number of ether oxygens (including phenoxy) is 1. The quantitative estimate of drug-likeness (QED) is 0.759. The zero-order valence-corrected chi connectivity index (χ0v) is 11.9. The Morgan fingerprint density at radius 1 is 1.17 bits per heavy atom. The first-order valence-electron chi connectivity index (χ1n) is 5.75. The number of rotatable bonds is 6. The van der Waals surface area contributed by atoms with E-state index in [1.54, 1.807) is 18.4 Å². The van der Waals surface area contributed by atoms with Crippen molar-refractivity contribution >= 4 is 11.3 Å². The minimum absolute atomic E-state index is 0. The first-order valence-corrected chi connectivity index (χ1v) is 6.63. The first kappa shape index (κ1) is 15.0. The van der Waals surface area contributed by atoms with Gasteiger partial charge < -0.3 is 22.5 Å². The Morgan fingerprint density at radius 2 is 2.00 bits per heavy atom. The monoisotopic (exact) mass is 282 g/mol. The number of thiophene rings is 1. The maximum atomic E-state index is 5.32.